The van der Waals surface area contributed by atoms with E-state index < -0.39 is 0 Å². The minimum absolute atomic E-state index is 0.194. The van der Waals surface area contributed by atoms with E-state index in [0.29, 0.717) is 19.5 Å². The average molecular weight is 282 g/mol. The molecule has 0 saturated carbocycles. The number of rotatable bonds is 5. The highest BCUT2D eigenvalue weighted by molar-refractivity contribution is 5.79. The van der Waals surface area contributed by atoms with Crippen molar-refractivity contribution in [3.8, 4) is 0 Å². The van der Waals surface area contributed by atoms with Crippen LogP contribution in [0.1, 0.15) is 19.3 Å². The maximum Gasteiger partial charge on any atom is 0.236 e. The second-order valence-electron chi connectivity index (χ2n) is 5.71. The van der Waals surface area contributed by atoms with Gasteiger partial charge in [0, 0.05) is 52.2 Å². The van der Waals surface area contributed by atoms with Gasteiger partial charge in [-0.25, -0.2) is 0 Å². The second kappa shape index (κ2) is 7.59. The van der Waals surface area contributed by atoms with Gasteiger partial charge in [0.1, 0.15) is 0 Å². The molecule has 0 spiro atoms. The highest BCUT2D eigenvalue weighted by Gasteiger charge is 2.20. The van der Waals surface area contributed by atoms with Gasteiger partial charge < -0.3 is 15.1 Å². The lowest BCUT2D eigenvalue weighted by Gasteiger charge is -2.28. The van der Waals surface area contributed by atoms with Crippen LogP contribution in [-0.2, 0) is 9.59 Å². The fraction of sp³-hybridized carbons (Fsp3) is 0.857. The Balaban J connectivity index is 1.64. The van der Waals surface area contributed by atoms with Gasteiger partial charge in [0.25, 0.3) is 0 Å². The molecule has 2 heterocycles. The lowest BCUT2D eigenvalue weighted by Crippen LogP contribution is -2.47. The molecule has 0 radical (unpaired) electrons. The van der Waals surface area contributed by atoms with Crippen LogP contribution in [0.3, 0.4) is 0 Å². The molecule has 0 bridgehead atoms. The molecule has 2 fully saturated rings. The summed E-state index contributed by atoms with van der Waals surface area (Å²) in [5.74, 6) is 0.395. The van der Waals surface area contributed by atoms with Gasteiger partial charge in [0.2, 0.25) is 11.8 Å². The third-order valence-corrected chi connectivity index (χ3v) is 4.04. The monoisotopic (exact) mass is 282 g/mol. The summed E-state index contributed by atoms with van der Waals surface area (Å²) < 4.78 is 0. The van der Waals surface area contributed by atoms with Gasteiger partial charge in [-0.3, -0.25) is 14.5 Å². The molecule has 6 nitrogen and oxygen atoms in total. The smallest absolute Gasteiger partial charge is 0.236 e. The third-order valence-electron chi connectivity index (χ3n) is 4.04. The maximum atomic E-state index is 12.0. The highest BCUT2D eigenvalue weighted by atomic mass is 16.2. The Kier molecular flexibility index (Phi) is 5.79. The summed E-state index contributed by atoms with van der Waals surface area (Å²) in [4.78, 5) is 29.8. The van der Waals surface area contributed by atoms with Crippen molar-refractivity contribution >= 4 is 11.8 Å². The number of piperazine rings is 1. The van der Waals surface area contributed by atoms with Crippen molar-refractivity contribution in [3.63, 3.8) is 0 Å². The van der Waals surface area contributed by atoms with Crippen LogP contribution in [0.2, 0.25) is 0 Å². The predicted molar refractivity (Wildman–Crippen MR) is 77.4 cm³/mol. The molecular formula is C14H26N4O2. The molecule has 6 heteroatoms. The van der Waals surface area contributed by atoms with Crippen LogP contribution in [0.5, 0.6) is 0 Å². The number of nitrogens with one attached hydrogen (secondary N) is 1. The van der Waals surface area contributed by atoms with E-state index in [1.165, 1.54) is 0 Å². The third kappa shape index (κ3) is 4.45. The molecule has 0 aromatic rings. The first kappa shape index (κ1) is 15.3. The fourth-order valence-electron chi connectivity index (χ4n) is 2.74. The topological polar surface area (TPSA) is 55.9 Å². The zero-order chi connectivity index (χ0) is 14.4. The Morgan fingerprint density at radius 3 is 2.25 bits per heavy atom. The van der Waals surface area contributed by atoms with Crippen molar-refractivity contribution in [2.45, 2.75) is 19.3 Å². The first-order chi connectivity index (χ1) is 9.66. The summed E-state index contributed by atoms with van der Waals surface area (Å²) in [6, 6.07) is 0. The first-order valence-corrected chi connectivity index (χ1v) is 7.61. The van der Waals surface area contributed by atoms with Crippen molar-refractivity contribution in [1.29, 1.82) is 0 Å². The lowest BCUT2D eigenvalue weighted by atomic mass is 10.3. The van der Waals surface area contributed by atoms with E-state index in [-0.39, 0.29) is 11.8 Å². The quantitative estimate of drug-likeness (QED) is 0.729. The highest BCUT2D eigenvalue weighted by Crippen LogP contribution is 2.08. The second-order valence-corrected chi connectivity index (χ2v) is 5.71. The van der Waals surface area contributed by atoms with Crippen molar-refractivity contribution in [2.75, 3.05) is 59.4 Å². The average Bonchev–Trinajstić information content (AvgIpc) is 3.00. The van der Waals surface area contributed by atoms with E-state index in [4.69, 9.17) is 0 Å². The van der Waals surface area contributed by atoms with Crippen LogP contribution >= 0.6 is 0 Å². The van der Waals surface area contributed by atoms with E-state index in [2.05, 4.69) is 5.32 Å². The van der Waals surface area contributed by atoms with Gasteiger partial charge in [0.05, 0.1) is 6.54 Å². The van der Waals surface area contributed by atoms with E-state index in [9.17, 15) is 9.59 Å². The molecule has 1 N–H and O–H groups in total. The van der Waals surface area contributed by atoms with Crippen LogP contribution in [-0.4, -0.2) is 85.9 Å². The molecule has 2 rings (SSSR count). The normalized spacial score (nSPS) is 19.7. The molecule has 20 heavy (non-hydrogen) atoms. The van der Waals surface area contributed by atoms with E-state index in [0.717, 1.165) is 52.1 Å². The Hall–Kier alpha value is -1.14. The number of likely N-dealkylation sites (N-methyl/N-ethyl adjacent to an activating group) is 1. The molecule has 0 aliphatic carbocycles. The van der Waals surface area contributed by atoms with Crippen molar-refractivity contribution in [1.82, 2.24) is 20.0 Å². The number of nitrogens with zero attached hydrogens (tertiary/aromatic N) is 3. The molecule has 0 unspecified atom stereocenters. The van der Waals surface area contributed by atoms with Crippen LogP contribution in [0.4, 0.5) is 0 Å². The molecular weight excluding hydrogens is 256 g/mol. The summed E-state index contributed by atoms with van der Waals surface area (Å²) >= 11 is 0. The van der Waals surface area contributed by atoms with E-state index >= 15 is 0 Å². The lowest BCUT2D eigenvalue weighted by molar-refractivity contribution is -0.134. The number of carbonyl (C=O) groups is 2. The van der Waals surface area contributed by atoms with Crippen molar-refractivity contribution < 1.29 is 9.59 Å². The summed E-state index contributed by atoms with van der Waals surface area (Å²) in [6.45, 7) is 6.24. The van der Waals surface area contributed by atoms with E-state index in [1.54, 1.807) is 0 Å². The van der Waals surface area contributed by atoms with Gasteiger partial charge in [-0.1, -0.05) is 0 Å². The molecule has 2 saturated heterocycles. The van der Waals surface area contributed by atoms with Gasteiger partial charge in [-0.05, 0) is 19.9 Å². The molecule has 2 aliphatic rings. The maximum absolute atomic E-state index is 12.0. The number of amides is 2. The van der Waals surface area contributed by atoms with Crippen molar-refractivity contribution in [2.24, 2.45) is 0 Å². The summed E-state index contributed by atoms with van der Waals surface area (Å²) in [7, 11) is 1.92. The number of hydrogen-bond acceptors (Lipinski definition) is 4. The van der Waals surface area contributed by atoms with Crippen molar-refractivity contribution in [3.05, 3.63) is 0 Å². The van der Waals surface area contributed by atoms with Gasteiger partial charge in [0.15, 0.2) is 0 Å². The van der Waals surface area contributed by atoms with Gasteiger partial charge in [-0.2, -0.15) is 0 Å². The van der Waals surface area contributed by atoms with Gasteiger partial charge in [-0.15, -0.1) is 0 Å². The Morgan fingerprint density at radius 2 is 1.60 bits per heavy atom. The number of carbonyl (C=O) groups excluding carboxylic acids is 2. The molecule has 2 aliphatic heterocycles. The summed E-state index contributed by atoms with van der Waals surface area (Å²) in [5.41, 5.74) is 0. The minimum Gasteiger partial charge on any atom is -0.342 e. The molecule has 114 valence electrons. The minimum atomic E-state index is 0.194. The SMILES string of the molecule is CN(CCC(=O)N1CCNCC1)CC(=O)N1CCCC1. The van der Waals surface area contributed by atoms with Crippen LogP contribution < -0.4 is 5.32 Å². The number of hydrogen-bond donors (Lipinski definition) is 1. The Morgan fingerprint density at radius 1 is 1.00 bits per heavy atom. The standard InChI is InChI=1S/C14H26N4O2/c1-16(12-14(20)17-7-2-3-8-17)9-4-13(19)18-10-5-15-6-11-18/h15H,2-12H2,1H3. The van der Waals surface area contributed by atoms with Gasteiger partial charge >= 0.3 is 0 Å². The van der Waals surface area contributed by atoms with Crippen LogP contribution in [0.25, 0.3) is 0 Å². The Labute approximate surface area is 121 Å². The Bertz CT molecular complexity index is 336. The zero-order valence-electron chi connectivity index (χ0n) is 12.4. The summed E-state index contributed by atoms with van der Waals surface area (Å²) in [5, 5.41) is 3.24. The fourth-order valence-corrected chi connectivity index (χ4v) is 2.74. The summed E-state index contributed by atoms with van der Waals surface area (Å²) in [6.07, 6.45) is 2.75. The molecule has 0 atom stereocenters. The first-order valence-electron chi connectivity index (χ1n) is 7.61. The van der Waals surface area contributed by atoms with E-state index in [1.807, 2.05) is 21.7 Å². The largest absolute Gasteiger partial charge is 0.342 e. The number of likely N-dealkylation sites (tertiary alicyclic amines) is 1. The predicted octanol–water partition coefficient (Wildman–Crippen LogP) is -0.637. The zero-order valence-corrected chi connectivity index (χ0v) is 12.4. The van der Waals surface area contributed by atoms with Crippen LogP contribution in [0.15, 0.2) is 0 Å². The van der Waals surface area contributed by atoms with Crippen LogP contribution in [0, 0.1) is 0 Å². The molecule has 2 amide bonds. The molecule has 0 aromatic heterocycles. The molecule has 0 aromatic carbocycles.